The summed E-state index contributed by atoms with van der Waals surface area (Å²) >= 11 is 0. The summed E-state index contributed by atoms with van der Waals surface area (Å²) in [5.74, 6) is 0. The van der Waals surface area contributed by atoms with E-state index in [1.807, 2.05) is 38.1 Å². The van der Waals surface area contributed by atoms with E-state index in [0.717, 1.165) is 12.1 Å². The number of hydrogen-bond acceptors (Lipinski definition) is 3. The van der Waals surface area contributed by atoms with E-state index in [1.165, 1.54) is 5.56 Å². The maximum Gasteiger partial charge on any atom is 0.153 e. The van der Waals surface area contributed by atoms with Crippen molar-refractivity contribution in [1.29, 1.82) is 5.26 Å². The van der Waals surface area contributed by atoms with E-state index < -0.39 is 5.54 Å². The summed E-state index contributed by atoms with van der Waals surface area (Å²) < 4.78 is 5.47. The molecular formula is C13H16N2O. The first-order chi connectivity index (χ1) is 7.66. The highest BCUT2D eigenvalue weighted by molar-refractivity contribution is 5.49. The Balaban J connectivity index is 2.19. The zero-order valence-electron chi connectivity index (χ0n) is 9.66. The van der Waals surface area contributed by atoms with E-state index in [2.05, 4.69) is 11.4 Å². The van der Waals surface area contributed by atoms with Gasteiger partial charge in [0.25, 0.3) is 0 Å². The van der Waals surface area contributed by atoms with Crippen LogP contribution in [0.25, 0.3) is 0 Å². The van der Waals surface area contributed by atoms with Gasteiger partial charge in [-0.3, -0.25) is 0 Å². The van der Waals surface area contributed by atoms with E-state index in [9.17, 15) is 5.26 Å². The highest BCUT2D eigenvalue weighted by atomic mass is 16.5. The molecule has 2 rings (SSSR count). The molecule has 3 nitrogen and oxygen atoms in total. The van der Waals surface area contributed by atoms with Crippen LogP contribution < -0.4 is 5.32 Å². The van der Waals surface area contributed by atoms with Crippen LogP contribution in [0.4, 0.5) is 5.69 Å². The lowest BCUT2D eigenvalue weighted by Crippen LogP contribution is -2.42. The fourth-order valence-corrected chi connectivity index (χ4v) is 1.98. The first kappa shape index (κ1) is 11.0. The van der Waals surface area contributed by atoms with Crippen molar-refractivity contribution in [3.05, 3.63) is 29.8 Å². The monoisotopic (exact) mass is 216 g/mol. The Bertz CT molecular complexity index is 407. The van der Waals surface area contributed by atoms with Crippen molar-refractivity contribution in [3.8, 4) is 6.07 Å². The summed E-state index contributed by atoms with van der Waals surface area (Å²) in [6.45, 7) is 4.64. The van der Waals surface area contributed by atoms with Gasteiger partial charge >= 0.3 is 0 Å². The number of hydrogen-bond donors (Lipinski definition) is 1. The van der Waals surface area contributed by atoms with Gasteiger partial charge in [-0.2, -0.15) is 5.26 Å². The Hall–Kier alpha value is -1.53. The Kier molecular flexibility index (Phi) is 2.84. The topological polar surface area (TPSA) is 45.0 Å². The number of nitrogens with zero attached hydrogens (tertiary/aromatic N) is 1. The van der Waals surface area contributed by atoms with Crippen LogP contribution in [0.15, 0.2) is 24.3 Å². The van der Waals surface area contributed by atoms with Gasteiger partial charge in [0, 0.05) is 12.1 Å². The normalized spacial score (nSPS) is 28.7. The molecule has 1 heterocycles. The third-order valence-electron chi connectivity index (χ3n) is 3.18. The molecule has 3 heteroatoms. The second-order valence-corrected chi connectivity index (χ2v) is 4.34. The molecule has 1 aliphatic heterocycles. The van der Waals surface area contributed by atoms with E-state index in [0.29, 0.717) is 6.61 Å². The van der Waals surface area contributed by atoms with Crippen molar-refractivity contribution in [1.82, 2.24) is 0 Å². The zero-order chi connectivity index (χ0) is 11.6. The molecule has 0 radical (unpaired) electrons. The van der Waals surface area contributed by atoms with Gasteiger partial charge in [-0.25, -0.2) is 0 Å². The SMILES string of the molecule is Cc1ccc(NC2(C#N)CCOC2C)cc1. The van der Waals surface area contributed by atoms with Gasteiger partial charge in [-0.05, 0) is 26.0 Å². The van der Waals surface area contributed by atoms with Crippen LogP contribution in [0.3, 0.4) is 0 Å². The molecule has 0 saturated carbocycles. The zero-order valence-corrected chi connectivity index (χ0v) is 9.66. The Morgan fingerprint density at radius 2 is 2.12 bits per heavy atom. The van der Waals surface area contributed by atoms with Crippen LogP contribution in [-0.4, -0.2) is 18.2 Å². The van der Waals surface area contributed by atoms with Crippen LogP contribution >= 0.6 is 0 Å². The molecule has 0 amide bonds. The molecule has 0 aromatic heterocycles. The third-order valence-corrected chi connectivity index (χ3v) is 3.18. The molecule has 84 valence electrons. The summed E-state index contributed by atoms with van der Waals surface area (Å²) in [4.78, 5) is 0. The van der Waals surface area contributed by atoms with Gasteiger partial charge in [-0.1, -0.05) is 17.7 Å². The lowest BCUT2D eigenvalue weighted by atomic mass is 9.93. The smallest absolute Gasteiger partial charge is 0.153 e. The van der Waals surface area contributed by atoms with Gasteiger partial charge in [0.15, 0.2) is 5.54 Å². The van der Waals surface area contributed by atoms with Gasteiger partial charge in [0.05, 0.1) is 18.8 Å². The van der Waals surface area contributed by atoms with Crippen molar-refractivity contribution in [2.24, 2.45) is 0 Å². The lowest BCUT2D eigenvalue weighted by molar-refractivity contribution is 0.112. The summed E-state index contributed by atoms with van der Waals surface area (Å²) in [6.07, 6.45) is 0.664. The van der Waals surface area contributed by atoms with Crippen LogP contribution in [0.5, 0.6) is 0 Å². The number of ether oxygens (including phenoxy) is 1. The van der Waals surface area contributed by atoms with Crippen molar-refractivity contribution in [3.63, 3.8) is 0 Å². The molecule has 1 aromatic carbocycles. The Labute approximate surface area is 96.0 Å². The summed E-state index contributed by atoms with van der Waals surface area (Å²) in [5, 5.41) is 12.6. The molecule has 0 aliphatic carbocycles. The fraction of sp³-hybridized carbons (Fsp3) is 0.462. The quantitative estimate of drug-likeness (QED) is 0.826. The van der Waals surface area contributed by atoms with Crippen molar-refractivity contribution >= 4 is 5.69 Å². The number of nitrogens with one attached hydrogen (secondary N) is 1. The predicted molar refractivity (Wildman–Crippen MR) is 63.2 cm³/mol. The van der Waals surface area contributed by atoms with E-state index in [-0.39, 0.29) is 6.10 Å². The van der Waals surface area contributed by atoms with Gasteiger partial charge < -0.3 is 10.1 Å². The van der Waals surface area contributed by atoms with Crippen LogP contribution in [0.1, 0.15) is 18.9 Å². The van der Waals surface area contributed by atoms with Gasteiger partial charge in [-0.15, -0.1) is 0 Å². The standard InChI is InChI=1S/C13H16N2O/c1-10-3-5-12(6-4-10)15-13(9-14)7-8-16-11(13)2/h3-6,11,15H,7-8H2,1-2H3. The second-order valence-electron chi connectivity index (χ2n) is 4.34. The molecule has 1 saturated heterocycles. The molecule has 0 spiro atoms. The second kappa shape index (κ2) is 4.15. The van der Waals surface area contributed by atoms with E-state index in [4.69, 9.17) is 4.74 Å². The van der Waals surface area contributed by atoms with Crippen LogP contribution in [-0.2, 0) is 4.74 Å². The number of benzene rings is 1. The summed E-state index contributed by atoms with van der Waals surface area (Å²) in [6, 6.07) is 10.4. The lowest BCUT2D eigenvalue weighted by Gasteiger charge is -2.26. The maximum atomic E-state index is 9.31. The summed E-state index contributed by atoms with van der Waals surface area (Å²) in [5.41, 5.74) is 1.62. The molecular weight excluding hydrogens is 200 g/mol. The van der Waals surface area contributed by atoms with E-state index >= 15 is 0 Å². The number of anilines is 1. The van der Waals surface area contributed by atoms with Crippen molar-refractivity contribution < 1.29 is 4.74 Å². The number of rotatable bonds is 2. The van der Waals surface area contributed by atoms with Crippen molar-refractivity contribution in [2.75, 3.05) is 11.9 Å². The van der Waals surface area contributed by atoms with Gasteiger partial charge in [0.1, 0.15) is 0 Å². The number of aryl methyl sites for hydroxylation is 1. The average molecular weight is 216 g/mol. The first-order valence-corrected chi connectivity index (χ1v) is 5.54. The minimum absolute atomic E-state index is 0.0706. The summed E-state index contributed by atoms with van der Waals surface area (Å²) in [7, 11) is 0. The highest BCUT2D eigenvalue weighted by Gasteiger charge is 2.41. The first-order valence-electron chi connectivity index (χ1n) is 5.54. The third kappa shape index (κ3) is 1.89. The van der Waals surface area contributed by atoms with Crippen molar-refractivity contribution in [2.45, 2.75) is 31.9 Å². The molecule has 2 atom stereocenters. The molecule has 0 bridgehead atoms. The largest absolute Gasteiger partial charge is 0.375 e. The fourth-order valence-electron chi connectivity index (χ4n) is 1.98. The predicted octanol–water partition coefficient (Wildman–Crippen LogP) is 2.48. The Morgan fingerprint density at radius 1 is 1.44 bits per heavy atom. The molecule has 16 heavy (non-hydrogen) atoms. The number of nitriles is 1. The maximum absolute atomic E-state index is 9.31. The molecule has 1 aliphatic rings. The van der Waals surface area contributed by atoms with Crippen LogP contribution in [0, 0.1) is 18.3 Å². The molecule has 1 aromatic rings. The molecule has 2 unspecified atom stereocenters. The molecule has 1 fully saturated rings. The Morgan fingerprint density at radius 3 is 2.62 bits per heavy atom. The van der Waals surface area contributed by atoms with E-state index in [1.54, 1.807) is 0 Å². The highest BCUT2D eigenvalue weighted by Crippen LogP contribution is 2.29. The van der Waals surface area contributed by atoms with Crippen LogP contribution in [0.2, 0.25) is 0 Å². The minimum Gasteiger partial charge on any atom is -0.375 e. The van der Waals surface area contributed by atoms with Gasteiger partial charge in [0.2, 0.25) is 0 Å². The minimum atomic E-state index is -0.574. The molecule has 1 N–H and O–H groups in total. The average Bonchev–Trinajstić information content (AvgIpc) is 2.64.